The molecular weight excluding hydrogens is 454 g/mol. The summed E-state index contributed by atoms with van der Waals surface area (Å²) in [5, 5.41) is 6.71. The second-order valence-electron chi connectivity index (χ2n) is 6.64. The van der Waals surface area contributed by atoms with Crippen LogP contribution in [0.1, 0.15) is 5.56 Å². The summed E-state index contributed by atoms with van der Waals surface area (Å²) >= 11 is 7.05. The molecule has 31 heavy (non-hydrogen) atoms. The highest BCUT2D eigenvalue weighted by Crippen LogP contribution is 2.36. The van der Waals surface area contributed by atoms with Crippen molar-refractivity contribution in [2.24, 2.45) is 5.10 Å². The summed E-state index contributed by atoms with van der Waals surface area (Å²) in [5.41, 5.74) is 8.71. The van der Waals surface area contributed by atoms with Crippen LogP contribution in [-0.4, -0.2) is 29.3 Å². The molecule has 5 aromatic rings. The molecule has 0 aliphatic heterocycles. The lowest BCUT2D eigenvalue weighted by molar-refractivity contribution is 0.599. The molecule has 5 rings (SSSR count). The number of fused-ring (bicyclic) bond motifs is 2. The zero-order valence-corrected chi connectivity index (χ0v) is 18.2. The van der Waals surface area contributed by atoms with Gasteiger partial charge in [0.2, 0.25) is 9.84 Å². The van der Waals surface area contributed by atoms with E-state index >= 15 is 0 Å². The molecule has 0 atom stereocenters. The summed E-state index contributed by atoms with van der Waals surface area (Å²) < 4.78 is 28.2. The SMILES string of the molecule is Nc1c(S(=O)(=O)c2cccs2)c2nc3ccccc3nc2n1N=Cc1ccc(Cl)cc1. The van der Waals surface area contributed by atoms with Gasteiger partial charge in [-0.1, -0.05) is 41.9 Å². The number of sulfone groups is 1. The number of hydrogen-bond donors (Lipinski definition) is 1. The van der Waals surface area contributed by atoms with Crippen molar-refractivity contribution in [2.75, 3.05) is 5.73 Å². The predicted octanol–water partition coefficient (Wildman–Crippen LogP) is 4.60. The fourth-order valence-electron chi connectivity index (χ4n) is 3.19. The number of anilines is 1. The number of rotatable bonds is 4. The van der Waals surface area contributed by atoms with E-state index in [9.17, 15) is 8.42 Å². The average molecular weight is 468 g/mol. The molecule has 0 saturated carbocycles. The third-order valence-corrected chi connectivity index (χ3v) is 8.12. The zero-order valence-electron chi connectivity index (χ0n) is 15.8. The fraction of sp³-hybridized carbons (Fsp3) is 0. The number of aromatic nitrogens is 3. The molecule has 0 aliphatic rings. The summed E-state index contributed by atoms with van der Waals surface area (Å²) in [4.78, 5) is 9.08. The van der Waals surface area contributed by atoms with Gasteiger partial charge in [-0.2, -0.15) is 9.78 Å². The van der Waals surface area contributed by atoms with Crippen LogP contribution >= 0.6 is 22.9 Å². The summed E-state index contributed by atoms with van der Waals surface area (Å²) in [7, 11) is -3.91. The molecule has 2 N–H and O–H groups in total. The Labute approximate surface area is 186 Å². The highest BCUT2D eigenvalue weighted by molar-refractivity contribution is 7.93. The Balaban J connectivity index is 1.80. The topological polar surface area (TPSA) is 103 Å². The first-order valence-corrected chi connectivity index (χ1v) is 11.8. The molecule has 0 bridgehead atoms. The van der Waals surface area contributed by atoms with Crippen molar-refractivity contribution in [3.8, 4) is 0 Å². The van der Waals surface area contributed by atoms with Gasteiger partial charge in [0.05, 0.1) is 17.2 Å². The molecule has 0 unspecified atom stereocenters. The molecule has 0 aliphatic carbocycles. The minimum Gasteiger partial charge on any atom is -0.382 e. The Morgan fingerprint density at radius 2 is 1.71 bits per heavy atom. The summed E-state index contributed by atoms with van der Waals surface area (Å²) in [6, 6.07) is 17.5. The Morgan fingerprint density at radius 1 is 1.00 bits per heavy atom. The molecule has 3 heterocycles. The van der Waals surface area contributed by atoms with Crippen molar-refractivity contribution in [3.63, 3.8) is 0 Å². The largest absolute Gasteiger partial charge is 0.382 e. The lowest BCUT2D eigenvalue weighted by atomic mass is 10.2. The Morgan fingerprint density at radius 3 is 2.39 bits per heavy atom. The molecule has 0 saturated heterocycles. The minimum absolute atomic E-state index is 0.0519. The maximum absolute atomic E-state index is 13.4. The van der Waals surface area contributed by atoms with Crippen LogP contribution in [0.15, 0.2) is 80.2 Å². The van der Waals surface area contributed by atoms with Gasteiger partial charge < -0.3 is 5.73 Å². The van der Waals surface area contributed by atoms with E-state index < -0.39 is 9.84 Å². The molecule has 0 amide bonds. The Hall–Kier alpha value is -3.27. The van der Waals surface area contributed by atoms with E-state index in [2.05, 4.69) is 15.1 Å². The highest BCUT2D eigenvalue weighted by Gasteiger charge is 2.31. The normalized spacial score (nSPS) is 12.3. The molecule has 10 heteroatoms. The first-order valence-electron chi connectivity index (χ1n) is 9.10. The zero-order chi connectivity index (χ0) is 21.6. The van der Waals surface area contributed by atoms with Crippen LogP contribution in [0.4, 0.5) is 5.82 Å². The van der Waals surface area contributed by atoms with Gasteiger partial charge in [-0.05, 0) is 41.3 Å². The number of para-hydroxylation sites is 2. The Bertz CT molecular complexity index is 1560. The minimum atomic E-state index is -3.91. The fourth-order valence-corrected chi connectivity index (χ4v) is 5.90. The summed E-state index contributed by atoms with van der Waals surface area (Å²) in [6.45, 7) is 0. The smallest absolute Gasteiger partial charge is 0.221 e. The van der Waals surface area contributed by atoms with Gasteiger partial charge >= 0.3 is 0 Å². The molecule has 154 valence electrons. The van der Waals surface area contributed by atoms with Crippen molar-refractivity contribution in [1.29, 1.82) is 0 Å². The summed E-state index contributed by atoms with van der Waals surface area (Å²) in [5.74, 6) is -0.0519. The van der Waals surface area contributed by atoms with Crippen LogP contribution in [0.2, 0.25) is 5.02 Å². The van der Waals surface area contributed by atoms with E-state index in [1.54, 1.807) is 54.1 Å². The van der Waals surface area contributed by atoms with Gasteiger partial charge in [0.15, 0.2) is 5.65 Å². The van der Waals surface area contributed by atoms with E-state index in [4.69, 9.17) is 17.3 Å². The average Bonchev–Trinajstić information content (AvgIpc) is 3.39. The number of nitrogen functional groups attached to an aromatic ring is 1. The number of benzene rings is 2. The first kappa shape index (κ1) is 19.7. The first-order chi connectivity index (χ1) is 14.9. The molecule has 0 spiro atoms. The lowest BCUT2D eigenvalue weighted by Gasteiger charge is -2.02. The van der Waals surface area contributed by atoms with Gasteiger partial charge in [0, 0.05) is 5.02 Å². The second kappa shape index (κ2) is 7.45. The van der Waals surface area contributed by atoms with Crippen LogP contribution in [0.5, 0.6) is 0 Å². The van der Waals surface area contributed by atoms with Crippen LogP contribution in [0, 0.1) is 0 Å². The third-order valence-electron chi connectivity index (χ3n) is 4.65. The molecule has 2 aromatic carbocycles. The maximum atomic E-state index is 13.4. The quantitative estimate of drug-likeness (QED) is 0.389. The van der Waals surface area contributed by atoms with Gasteiger partial charge in [0.25, 0.3) is 0 Å². The van der Waals surface area contributed by atoms with Crippen molar-refractivity contribution < 1.29 is 8.42 Å². The van der Waals surface area contributed by atoms with Crippen molar-refractivity contribution in [3.05, 3.63) is 76.6 Å². The number of halogens is 1. The maximum Gasteiger partial charge on any atom is 0.221 e. The van der Waals surface area contributed by atoms with E-state index in [0.717, 1.165) is 16.9 Å². The standard InChI is InChI=1S/C21H14ClN5O2S2/c22-14-9-7-13(8-10-14)12-24-27-20(23)19(31(28,29)17-6-3-11-30-17)18-21(27)26-16-5-2-1-4-15(16)25-18/h1-12H,23H2. The van der Waals surface area contributed by atoms with Crippen molar-refractivity contribution >= 4 is 67.0 Å². The number of nitrogens with zero attached hydrogens (tertiary/aromatic N) is 4. The van der Waals surface area contributed by atoms with Crippen molar-refractivity contribution in [2.45, 2.75) is 9.10 Å². The lowest BCUT2D eigenvalue weighted by Crippen LogP contribution is -2.05. The van der Waals surface area contributed by atoms with E-state index in [0.29, 0.717) is 16.1 Å². The van der Waals surface area contributed by atoms with E-state index in [1.165, 1.54) is 10.7 Å². The predicted molar refractivity (Wildman–Crippen MR) is 124 cm³/mol. The van der Waals surface area contributed by atoms with Gasteiger partial charge in [-0.3, -0.25) is 0 Å². The van der Waals surface area contributed by atoms with Crippen molar-refractivity contribution in [1.82, 2.24) is 14.6 Å². The van der Waals surface area contributed by atoms with E-state index in [-0.39, 0.29) is 26.1 Å². The van der Waals surface area contributed by atoms with E-state index in [1.807, 2.05) is 12.1 Å². The highest BCUT2D eigenvalue weighted by atomic mass is 35.5. The monoisotopic (exact) mass is 467 g/mol. The number of nitrogens with two attached hydrogens (primary N) is 1. The molecule has 0 radical (unpaired) electrons. The second-order valence-corrected chi connectivity index (χ2v) is 10.1. The number of thiophene rings is 1. The molecule has 3 aromatic heterocycles. The van der Waals surface area contributed by atoms with Gasteiger partial charge in [-0.25, -0.2) is 18.4 Å². The molecular formula is C21H14ClN5O2S2. The van der Waals surface area contributed by atoms with Crippen LogP contribution in [0.25, 0.3) is 22.2 Å². The third kappa shape index (κ3) is 3.36. The number of hydrogen-bond acceptors (Lipinski definition) is 7. The Kier molecular flexibility index (Phi) is 4.73. The van der Waals surface area contributed by atoms with Crippen LogP contribution in [0.3, 0.4) is 0 Å². The van der Waals surface area contributed by atoms with Crippen LogP contribution in [-0.2, 0) is 9.84 Å². The summed E-state index contributed by atoms with van der Waals surface area (Å²) in [6.07, 6.45) is 1.56. The molecule has 7 nitrogen and oxygen atoms in total. The van der Waals surface area contributed by atoms with Crippen LogP contribution < -0.4 is 5.73 Å². The molecule has 0 fully saturated rings. The van der Waals surface area contributed by atoms with Gasteiger partial charge in [-0.15, -0.1) is 11.3 Å². The van der Waals surface area contributed by atoms with Gasteiger partial charge in [0.1, 0.15) is 20.4 Å².